The van der Waals surface area contributed by atoms with E-state index in [1.165, 1.54) is 7.11 Å². The van der Waals surface area contributed by atoms with Gasteiger partial charge in [0.05, 0.1) is 18.2 Å². The van der Waals surface area contributed by atoms with Gasteiger partial charge in [-0.25, -0.2) is 0 Å². The van der Waals surface area contributed by atoms with Gasteiger partial charge >= 0.3 is 0 Å². The van der Waals surface area contributed by atoms with Crippen LogP contribution in [0.5, 0.6) is 5.75 Å². The van der Waals surface area contributed by atoms with Crippen LogP contribution in [0, 0.1) is 11.3 Å². The van der Waals surface area contributed by atoms with Crippen molar-refractivity contribution < 1.29 is 4.74 Å². The van der Waals surface area contributed by atoms with Crippen molar-refractivity contribution in [1.82, 2.24) is 5.32 Å². The molecular formula is C10H10Cl2N2O. The Labute approximate surface area is 98.6 Å². The maximum Gasteiger partial charge on any atom is 0.143 e. The number of nitrogens with one attached hydrogen (secondary N) is 1. The van der Waals surface area contributed by atoms with Gasteiger partial charge < -0.3 is 10.1 Å². The van der Waals surface area contributed by atoms with E-state index in [2.05, 4.69) is 11.4 Å². The fourth-order valence-electron chi connectivity index (χ4n) is 1.30. The summed E-state index contributed by atoms with van der Waals surface area (Å²) in [4.78, 5) is 0. The lowest BCUT2D eigenvalue weighted by molar-refractivity contribution is 0.406. The summed E-state index contributed by atoms with van der Waals surface area (Å²) in [7, 11) is 3.19. The summed E-state index contributed by atoms with van der Waals surface area (Å²) in [6.45, 7) is 0. The molecule has 0 heterocycles. The fourth-order valence-corrected chi connectivity index (χ4v) is 1.89. The molecule has 0 aliphatic carbocycles. The van der Waals surface area contributed by atoms with Crippen LogP contribution in [0.2, 0.25) is 10.0 Å². The minimum atomic E-state index is -0.490. The van der Waals surface area contributed by atoms with Crippen molar-refractivity contribution in [2.24, 2.45) is 0 Å². The summed E-state index contributed by atoms with van der Waals surface area (Å²) < 4.78 is 5.13. The van der Waals surface area contributed by atoms with Crippen molar-refractivity contribution in [2.75, 3.05) is 14.2 Å². The minimum Gasteiger partial charge on any atom is -0.495 e. The number of nitrogens with zero attached hydrogens (tertiary/aromatic N) is 1. The molecule has 0 fully saturated rings. The van der Waals surface area contributed by atoms with Crippen LogP contribution in [0.3, 0.4) is 0 Å². The molecule has 1 atom stereocenters. The van der Waals surface area contributed by atoms with Crippen molar-refractivity contribution in [3.63, 3.8) is 0 Å². The Kier molecular flexibility index (Phi) is 4.22. The van der Waals surface area contributed by atoms with E-state index >= 15 is 0 Å². The number of nitriles is 1. The standard InChI is InChI=1S/C10H10Cl2N2O/c1-14-9(5-13)7-3-6(11)4-8(12)10(7)15-2/h3-4,9,14H,1-2H3. The van der Waals surface area contributed by atoms with E-state index in [0.29, 0.717) is 21.4 Å². The van der Waals surface area contributed by atoms with E-state index < -0.39 is 6.04 Å². The fraction of sp³-hybridized carbons (Fsp3) is 0.300. The van der Waals surface area contributed by atoms with E-state index in [-0.39, 0.29) is 0 Å². The monoisotopic (exact) mass is 244 g/mol. The van der Waals surface area contributed by atoms with E-state index in [1.807, 2.05) is 0 Å². The highest BCUT2D eigenvalue weighted by molar-refractivity contribution is 6.35. The van der Waals surface area contributed by atoms with Crippen LogP contribution in [-0.2, 0) is 0 Å². The third kappa shape index (κ3) is 2.54. The molecule has 0 amide bonds. The SMILES string of the molecule is CNC(C#N)c1cc(Cl)cc(Cl)c1OC. The summed E-state index contributed by atoms with van der Waals surface area (Å²) in [6.07, 6.45) is 0. The van der Waals surface area contributed by atoms with Gasteiger partial charge in [-0.3, -0.25) is 0 Å². The van der Waals surface area contributed by atoms with E-state index in [9.17, 15) is 0 Å². The van der Waals surface area contributed by atoms with Gasteiger partial charge in [0, 0.05) is 10.6 Å². The average Bonchev–Trinajstić information content (AvgIpc) is 2.19. The first-order valence-corrected chi connectivity index (χ1v) is 4.99. The second-order valence-electron chi connectivity index (χ2n) is 2.86. The molecule has 15 heavy (non-hydrogen) atoms. The Hall–Kier alpha value is -0.950. The van der Waals surface area contributed by atoms with Crippen LogP contribution in [-0.4, -0.2) is 14.2 Å². The van der Waals surface area contributed by atoms with Gasteiger partial charge in [0.1, 0.15) is 11.8 Å². The Balaban J connectivity index is 3.32. The summed E-state index contributed by atoms with van der Waals surface area (Å²) in [5.74, 6) is 0.474. The molecule has 0 radical (unpaired) electrons. The van der Waals surface area contributed by atoms with Crippen LogP contribution in [0.15, 0.2) is 12.1 Å². The van der Waals surface area contributed by atoms with Crippen molar-refractivity contribution in [3.05, 3.63) is 27.7 Å². The van der Waals surface area contributed by atoms with Crippen LogP contribution in [0.4, 0.5) is 0 Å². The number of hydrogen-bond acceptors (Lipinski definition) is 3. The van der Waals surface area contributed by atoms with Crippen molar-refractivity contribution in [3.8, 4) is 11.8 Å². The quantitative estimate of drug-likeness (QED) is 0.890. The Morgan fingerprint density at radius 2 is 2.13 bits per heavy atom. The van der Waals surface area contributed by atoms with Crippen LogP contribution in [0.25, 0.3) is 0 Å². The zero-order valence-electron chi connectivity index (χ0n) is 8.34. The minimum absolute atomic E-state index is 0.399. The lowest BCUT2D eigenvalue weighted by Crippen LogP contribution is -2.15. The molecule has 1 aromatic rings. The van der Waals surface area contributed by atoms with E-state index in [1.54, 1.807) is 19.2 Å². The molecule has 80 valence electrons. The van der Waals surface area contributed by atoms with Gasteiger partial charge in [0.15, 0.2) is 0 Å². The summed E-state index contributed by atoms with van der Waals surface area (Å²) in [6, 6.07) is 4.84. The van der Waals surface area contributed by atoms with E-state index in [4.69, 9.17) is 33.2 Å². The molecule has 0 aliphatic heterocycles. The van der Waals surface area contributed by atoms with Gasteiger partial charge in [-0.2, -0.15) is 5.26 Å². The number of methoxy groups -OCH3 is 1. The predicted octanol–water partition coefficient (Wildman–Crippen LogP) is 2.79. The number of rotatable bonds is 3. The molecule has 1 rings (SSSR count). The highest BCUT2D eigenvalue weighted by Gasteiger charge is 2.17. The molecule has 5 heteroatoms. The Bertz CT molecular complexity index is 401. The molecule has 0 spiro atoms. The largest absolute Gasteiger partial charge is 0.495 e. The van der Waals surface area contributed by atoms with Gasteiger partial charge in [-0.1, -0.05) is 23.2 Å². The van der Waals surface area contributed by atoms with Crippen LogP contribution < -0.4 is 10.1 Å². The molecule has 0 saturated heterocycles. The van der Waals surface area contributed by atoms with Crippen LogP contribution in [0.1, 0.15) is 11.6 Å². The molecule has 1 unspecified atom stereocenters. The first kappa shape index (κ1) is 12.1. The van der Waals surface area contributed by atoms with Gasteiger partial charge in [0.2, 0.25) is 0 Å². The number of benzene rings is 1. The smallest absolute Gasteiger partial charge is 0.143 e. The topological polar surface area (TPSA) is 45.0 Å². The molecule has 0 saturated carbocycles. The Morgan fingerprint density at radius 3 is 2.60 bits per heavy atom. The first-order chi connectivity index (χ1) is 7.13. The lowest BCUT2D eigenvalue weighted by atomic mass is 10.1. The maximum atomic E-state index is 8.93. The predicted molar refractivity (Wildman–Crippen MR) is 60.4 cm³/mol. The van der Waals surface area contributed by atoms with Crippen LogP contribution >= 0.6 is 23.2 Å². The maximum absolute atomic E-state index is 8.93. The highest BCUT2D eigenvalue weighted by Crippen LogP contribution is 2.35. The third-order valence-electron chi connectivity index (χ3n) is 1.97. The van der Waals surface area contributed by atoms with Crippen molar-refractivity contribution in [2.45, 2.75) is 6.04 Å². The molecule has 0 bridgehead atoms. The zero-order valence-corrected chi connectivity index (χ0v) is 9.86. The second kappa shape index (κ2) is 5.22. The molecular weight excluding hydrogens is 235 g/mol. The Morgan fingerprint density at radius 1 is 1.47 bits per heavy atom. The molecule has 1 aromatic carbocycles. The van der Waals surface area contributed by atoms with Crippen molar-refractivity contribution >= 4 is 23.2 Å². The number of halogens is 2. The third-order valence-corrected chi connectivity index (χ3v) is 2.47. The first-order valence-electron chi connectivity index (χ1n) is 4.23. The number of hydrogen-bond donors (Lipinski definition) is 1. The molecule has 3 nitrogen and oxygen atoms in total. The zero-order chi connectivity index (χ0) is 11.4. The highest BCUT2D eigenvalue weighted by atomic mass is 35.5. The number of ether oxygens (including phenoxy) is 1. The molecule has 0 aliphatic rings. The van der Waals surface area contributed by atoms with Crippen molar-refractivity contribution in [1.29, 1.82) is 5.26 Å². The normalized spacial score (nSPS) is 11.9. The second-order valence-corrected chi connectivity index (χ2v) is 3.70. The molecule has 1 N–H and O–H groups in total. The van der Waals surface area contributed by atoms with Gasteiger partial charge in [-0.05, 0) is 19.2 Å². The summed E-state index contributed by atoms with van der Waals surface area (Å²) >= 11 is 11.8. The van der Waals surface area contributed by atoms with E-state index in [0.717, 1.165) is 0 Å². The average molecular weight is 245 g/mol. The summed E-state index contributed by atoms with van der Waals surface area (Å²) in [5.41, 5.74) is 0.639. The molecule has 0 aromatic heterocycles. The van der Waals surface area contributed by atoms with Gasteiger partial charge in [0.25, 0.3) is 0 Å². The van der Waals surface area contributed by atoms with Gasteiger partial charge in [-0.15, -0.1) is 0 Å². The lowest BCUT2D eigenvalue weighted by Gasteiger charge is -2.14. The summed E-state index contributed by atoms with van der Waals surface area (Å²) in [5, 5.41) is 12.6.